The number of benzene rings is 2. The molecular formula is C26H31N3O3. The van der Waals surface area contributed by atoms with Gasteiger partial charge in [-0.2, -0.15) is 0 Å². The Morgan fingerprint density at radius 2 is 1.75 bits per heavy atom. The van der Waals surface area contributed by atoms with E-state index in [0.29, 0.717) is 31.0 Å². The lowest BCUT2D eigenvalue weighted by Crippen LogP contribution is -2.29. The minimum absolute atomic E-state index is 0.00779. The lowest BCUT2D eigenvalue weighted by molar-refractivity contribution is -0.121. The normalized spacial score (nSPS) is 14.3. The number of nitrogens with zero attached hydrogens (tertiary/aromatic N) is 2. The molecule has 32 heavy (non-hydrogen) atoms. The van der Waals surface area contributed by atoms with E-state index >= 15 is 0 Å². The Balaban J connectivity index is 1.20. The Hall–Kier alpha value is -3.12. The zero-order valence-electron chi connectivity index (χ0n) is 18.7. The van der Waals surface area contributed by atoms with E-state index in [1.807, 2.05) is 24.3 Å². The van der Waals surface area contributed by atoms with Gasteiger partial charge in [-0.3, -0.25) is 9.69 Å². The quantitative estimate of drug-likeness (QED) is 0.535. The third-order valence-corrected chi connectivity index (χ3v) is 5.86. The second-order valence-electron chi connectivity index (χ2n) is 8.28. The largest absolute Gasteiger partial charge is 0.497 e. The number of ether oxygens (including phenoxy) is 1. The van der Waals surface area contributed by atoms with Crippen molar-refractivity contribution in [1.29, 1.82) is 0 Å². The highest BCUT2D eigenvalue weighted by Gasteiger charge is 2.11. The number of methoxy groups -OCH3 is 1. The van der Waals surface area contributed by atoms with Gasteiger partial charge >= 0.3 is 0 Å². The molecule has 6 heteroatoms. The summed E-state index contributed by atoms with van der Waals surface area (Å²) >= 11 is 0. The van der Waals surface area contributed by atoms with Crippen molar-refractivity contribution in [1.82, 2.24) is 15.2 Å². The van der Waals surface area contributed by atoms with Gasteiger partial charge in [0.2, 0.25) is 5.91 Å². The molecule has 0 spiro atoms. The number of aryl methyl sites for hydroxylation is 1. The summed E-state index contributed by atoms with van der Waals surface area (Å²) in [4.78, 5) is 19.1. The molecule has 2 aromatic carbocycles. The van der Waals surface area contributed by atoms with E-state index in [2.05, 4.69) is 39.5 Å². The predicted molar refractivity (Wildman–Crippen MR) is 124 cm³/mol. The number of piperidine rings is 1. The fourth-order valence-electron chi connectivity index (χ4n) is 3.96. The maximum atomic E-state index is 12.3. The van der Waals surface area contributed by atoms with E-state index in [4.69, 9.17) is 9.15 Å². The molecule has 4 rings (SSSR count). The summed E-state index contributed by atoms with van der Waals surface area (Å²) in [7, 11) is 1.64. The van der Waals surface area contributed by atoms with Crippen molar-refractivity contribution in [3.8, 4) is 17.1 Å². The molecule has 1 saturated heterocycles. The molecule has 168 valence electrons. The first-order valence-corrected chi connectivity index (χ1v) is 11.4. The second kappa shape index (κ2) is 11.0. The third kappa shape index (κ3) is 6.20. The zero-order chi connectivity index (χ0) is 22.2. The number of carbonyl (C=O) groups is 1. The van der Waals surface area contributed by atoms with Gasteiger partial charge < -0.3 is 14.5 Å². The number of oxazole rings is 1. The van der Waals surface area contributed by atoms with E-state index in [-0.39, 0.29) is 5.91 Å². The maximum Gasteiger partial charge on any atom is 0.220 e. The monoisotopic (exact) mass is 433 g/mol. The van der Waals surface area contributed by atoms with E-state index in [1.165, 1.54) is 37.9 Å². The standard InChI is InChI=1S/C26H31N3O3/c1-31-23-11-9-22(10-12-23)24-18-28-26(32-24)14-13-25(30)27-17-20-5-7-21(8-6-20)19-29-15-3-2-4-16-29/h5-12,18H,2-4,13-17,19H2,1H3,(H,27,30). The van der Waals surface area contributed by atoms with Crippen LogP contribution in [0.15, 0.2) is 59.1 Å². The Morgan fingerprint density at radius 1 is 1.03 bits per heavy atom. The molecule has 0 radical (unpaired) electrons. The minimum Gasteiger partial charge on any atom is -0.497 e. The molecule has 1 amide bonds. The highest BCUT2D eigenvalue weighted by molar-refractivity contribution is 5.76. The fraction of sp³-hybridized carbons (Fsp3) is 0.385. The number of nitrogens with one attached hydrogen (secondary N) is 1. The predicted octanol–water partition coefficient (Wildman–Crippen LogP) is 4.59. The van der Waals surface area contributed by atoms with E-state index < -0.39 is 0 Å². The molecule has 0 atom stereocenters. The first-order chi connectivity index (χ1) is 15.7. The van der Waals surface area contributed by atoms with Crippen molar-refractivity contribution in [2.75, 3.05) is 20.2 Å². The van der Waals surface area contributed by atoms with Crippen LogP contribution in [0.4, 0.5) is 0 Å². The van der Waals surface area contributed by atoms with Crippen LogP contribution in [0.25, 0.3) is 11.3 Å². The van der Waals surface area contributed by atoms with Gasteiger partial charge in [0, 0.05) is 31.5 Å². The topological polar surface area (TPSA) is 67.6 Å². The molecule has 6 nitrogen and oxygen atoms in total. The number of hydrogen-bond acceptors (Lipinski definition) is 5. The van der Waals surface area contributed by atoms with Gasteiger partial charge in [0.25, 0.3) is 0 Å². The van der Waals surface area contributed by atoms with Crippen LogP contribution in [0.3, 0.4) is 0 Å². The molecule has 1 N–H and O–H groups in total. The molecule has 1 aliphatic rings. The van der Waals surface area contributed by atoms with Crippen molar-refractivity contribution in [3.63, 3.8) is 0 Å². The van der Waals surface area contributed by atoms with Crippen LogP contribution in [-0.4, -0.2) is 36.0 Å². The summed E-state index contributed by atoms with van der Waals surface area (Å²) in [5, 5.41) is 2.99. The maximum absolute atomic E-state index is 12.3. The van der Waals surface area contributed by atoms with E-state index in [1.54, 1.807) is 13.3 Å². The average molecular weight is 434 g/mol. The first-order valence-electron chi connectivity index (χ1n) is 11.4. The van der Waals surface area contributed by atoms with Crippen LogP contribution < -0.4 is 10.1 Å². The zero-order valence-corrected chi connectivity index (χ0v) is 18.7. The highest BCUT2D eigenvalue weighted by Crippen LogP contribution is 2.23. The van der Waals surface area contributed by atoms with Crippen LogP contribution in [0, 0.1) is 0 Å². The number of likely N-dealkylation sites (tertiary alicyclic amines) is 1. The van der Waals surface area contributed by atoms with Gasteiger partial charge in [0.1, 0.15) is 5.75 Å². The number of hydrogen-bond donors (Lipinski definition) is 1. The molecule has 1 aromatic heterocycles. The van der Waals surface area contributed by atoms with Crippen molar-refractivity contribution >= 4 is 5.91 Å². The van der Waals surface area contributed by atoms with Crippen molar-refractivity contribution in [2.45, 2.75) is 45.2 Å². The number of carbonyl (C=O) groups excluding carboxylic acids is 1. The Labute approximate surface area is 189 Å². The third-order valence-electron chi connectivity index (χ3n) is 5.86. The van der Waals surface area contributed by atoms with Gasteiger partial charge in [0.05, 0.1) is 13.3 Å². The number of rotatable bonds is 9. The minimum atomic E-state index is -0.00779. The lowest BCUT2D eigenvalue weighted by atomic mass is 10.1. The van der Waals surface area contributed by atoms with Crippen LogP contribution in [-0.2, 0) is 24.3 Å². The highest BCUT2D eigenvalue weighted by atomic mass is 16.5. The summed E-state index contributed by atoms with van der Waals surface area (Å²) in [6, 6.07) is 16.2. The first kappa shape index (κ1) is 22.1. The molecule has 0 saturated carbocycles. The van der Waals surface area contributed by atoms with Gasteiger partial charge in [-0.25, -0.2) is 4.98 Å². The molecule has 0 aliphatic carbocycles. The summed E-state index contributed by atoms with van der Waals surface area (Å²) in [5.74, 6) is 2.04. The van der Waals surface area contributed by atoms with E-state index in [9.17, 15) is 4.79 Å². The van der Waals surface area contributed by atoms with Crippen LogP contribution >= 0.6 is 0 Å². The molecule has 1 fully saturated rings. The van der Waals surface area contributed by atoms with Crippen LogP contribution in [0.1, 0.15) is 42.7 Å². The molecule has 2 heterocycles. The van der Waals surface area contributed by atoms with Crippen LogP contribution in [0.2, 0.25) is 0 Å². The Bertz CT molecular complexity index is 990. The smallest absolute Gasteiger partial charge is 0.220 e. The van der Waals surface area contributed by atoms with Gasteiger partial charge in [-0.1, -0.05) is 30.7 Å². The summed E-state index contributed by atoms with van der Waals surface area (Å²) in [6.45, 7) is 3.95. The molecule has 3 aromatic rings. The SMILES string of the molecule is COc1ccc(-c2cnc(CCC(=O)NCc3ccc(CN4CCCCC4)cc3)o2)cc1. The number of amides is 1. The van der Waals surface area contributed by atoms with E-state index in [0.717, 1.165) is 23.4 Å². The van der Waals surface area contributed by atoms with Crippen molar-refractivity contribution in [2.24, 2.45) is 0 Å². The van der Waals surface area contributed by atoms with Gasteiger partial charge in [0.15, 0.2) is 11.7 Å². The Morgan fingerprint density at radius 3 is 2.47 bits per heavy atom. The molecule has 1 aliphatic heterocycles. The summed E-state index contributed by atoms with van der Waals surface area (Å²) in [6.07, 6.45) is 6.47. The van der Waals surface area contributed by atoms with Crippen molar-refractivity contribution < 1.29 is 13.9 Å². The lowest BCUT2D eigenvalue weighted by Gasteiger charge is -2.26. The van der Waals surface area contributed by atoms with Gasteiger partial charge in [-0.05, 0) is 61.3 Å². The summed E-state index contributed by atoms with van der Waals surface area (Å²) < 4.78 is 11.0. The molecular weight excluding hydrogens is 402 g/mol. The average Bonchev–Trinajstić information content (AvgIpc) is 3.32. The second-order valence-corrected chi connectivity index (χ2v) is 8.28. The molecule has 0 bridgehead atoms. The number of aromatic nitrogens is 1. The summed E-state index contributed by atoms with van der Waals surface area (Å²) in [5.41, 5.74) is 3.37. The fourth-order valence-corrected chi connectivity index (χ4v) is 3.96. The Kier molecular flexibility index (Phi) is 7.56. The van der Waals surface area contributed by atoms with Crippen molar-refractivity contribution in [3.05, 3.63) is 71.7 Å². The van der Waals surface area contributed by atoms with Crippen LogP contribution in [0.5, 0.6) is 5.75 Å². The molecule has 0 unspecified atom stereocenters. The van der Waals surface area contributed by atoms with Gasteiger partial charge in [-0.15, -0.1) is 0 Å².